The molecule has 0 aromatic heterocycles. The number of hydrogen-bond acceptors (Lipinski definition) is 2. The van der Waals surface area contributed by atoms with E-state index in [1.54, 1.807) is 0 Å². The Bertz CT molecular complexity index is 339. The van der Waals surface area contributed by atoms with Crippen molar-refractivity contribution < 1.29 is 4.79 Å². The second-order valence-electron chi connectivity index (χ2n) is 7.13. The Morgan fingerprint density at radius 1 is 1.39 bits per heavy atom. The number of hydrogen-bond donors (Lipinski definition) is 1. The van der Waals surface area contributed by atoms with Gasteiger partial charge in [0.05, 0.1) is 11.7 Å². The summed E-state index contributed by atoms with van der Waals surface area (Å²) in [4.78, 5) is 14.8. The van der Waals surface area contributed by atoms with Crippen molar-refractivity contribution in [3.63, 3.8) is 0 Å². The zero-order chi connectivity index (χ0) is 13.6. The van der Waals surface area contributed by atoms with Crippen LogP contribution in [0.5, 0.6) is 0 Å². The van der Waals surface area contributed by atoms with Crippen LogP contribution in [-0.2, 0) is 4.79 Å². The van der Waals surface area contributed by atoms with Crippen molar-refractivity contribution in [1.82, 2.24) is 10.2 Å². The Balaban J connectivity index is 2.16. The molecule has 1 aliphatic heterocycles. The number of carbonyl (C=O) groups excluding carboxylic acids is 1. The van der Waals surface area contributed by atoms with Crippen molar-refractivity contribution in [2.24, 2.45) is 5.41 Å². The third kappa shape index (κ3) is 2.29. The standard InChI is InChI=1S/C15H28N2O/c1-6-15(5)13(18)17(11(2)16-15)12-8-7-9-14(3,4)10-12/h11-12,16H,6-10H2,1-5H3. The first-order valence-electron chi connectivity index (χ1n) is 7.39. The topological polar surface area (TPSA) is 32.3 Å². The molecular weight excluding hydrogens is 224 g/mol. The highest BCUT2D eigenvalue weighted by Crippen LogP contribution is 2.39. The SMILES string of the molecule is CCC1(C)NC(C)N(C2CCCC(C)(C)C2)C1=O. The predicted molar refractivity (Wildman–Crippen MR) is 74.2 cm³/mol. The molecule has 1 heterocycles. The Kier molecular flexibility index (Phi) is 3.48. The van der Waals surface area contributed by atoms with Crippen LogP contribution < -0.4 is 5.32 Å². The fourth-order valence-corrected chi connectivity index (χ4v) is 3.68. The summed E-state index contributed by atoms with van der Waals surface area (Å²) in [6.07, 6.45) is 5.89. The van der Waals surface area contributed by atoms with E-state index >= 15 is 0 Å². The van der Waals surface area contributed by atoms with E-state index in [0.717, 1.165) is 12.8 Å². The van der Waals surface area contributed by atoms with Crippen molar-refractivity contribution in [1.29, 1.82) is 0 Å². The molecule has 2 aliphatic rings. The summed E-state index contributed by atoms with van der Waals surface area (Å²) >= 11 is 0. The van der Waals surface area contributed by atoms with Gasteiger partial charge in [-0.1, -0.05) is 27.2 Å². The van der Waals surface area contributed by atoms with Gasteiger partial charge in [0, 0.05) is 6.04 Å². The number of carbonyl (C=O) groups is 1. The molecule has 1 N–H and O–H groups in total. The second kappa shape index (κ2) is 4.52. The molecular formula is C15H28N2O. The molecule has 0 aromatic carbocycles. The molecule has 1 saturated carbocycles. The fraction of sp³-hybridized carbons (Fsp3) is 0.933. The average molecular weight is 252 g/mol. The van der Waals surface area contributed by atoms with Gasteiger partial charge in [0.25, 0.3) is 0 Å². The van der Waals surface area contributed by atoms with E-state index in [9.17, 15) is 4.79 Å². The summed E-state index contributed by atoms with van der Waals surface area (Å²) in [7, 11) is 0. The van der Waals surface area contributed by atoms with Crippen molar-refractivity contribution in [2.75, 3.05) is 0 Å². The van der Waals surface area contributed by atoms with Crippen LogP contribution in [0.1, 0.15) is 66.7 Å². The number of nitrogens with one attached hydrogen (secondary N) is 1. The zero-order valence-corrected chi connectivity index (χ0v) is 12.5. The number of nitrogens with zero attached hydrogens (tertiary/aromatic N) is 1. The van der Waals surface area contributed by atoms with E-state index in [1.807, 2.05) is 6.92 Å². The Morgan fingerprint density at radius 2 is 2.06 bits per heavy atom. The van der Waals surface area contributed by atoms with Crippen LogP contribution in [0, 0.1) is 5.41 Å². The maximum Gasteiger partial charge on any atom is 0.244 e. The molecule has 3 unspecified atom stereocenters. The second-order valence-corrected chi connectivity index (χ2v) is 7.13. The van der Waals surface area contributed by atoms with Crippen LogP contribution in [0.2, 0.25) is 0 Å². The highest BCUT2D eigenvalue weighted by atomic mass is 16.2. The molecule has 0 bridgehead atoms. The lowest BCUT2D eigenvalue weighted by Crippen LogP contribution is -2.47. The summed E-state index contributed by atoms with van der Waals surface area (Å²) in [5, 5.41) is 3.48. The molecule has 104 valence electrons. The maximum atomic E-state index is 12.6. The third-order valence-electron chi connectivity index (χ3n) is 4.93. The molecule has 0 spiro atoms. The summed E-state index contributed by atoms with van der Waals surface area (Å²) in [6, 6.07) is 0.428. The van der Waals surface area contributed by atoms with E-state index in [2.05, 4.69) is 37.9 Å². The van der Waals surface area contributed by atoms with Gasteiger partial charge in [-0.2, -0.15) is 0 Å². The minimum atomic E-state index is -0.346. The quantitative estimate of drug-likeness (QED) is 0.819. The van der Waals surface area contributed by atoms with Gasteiger partial charge in [0.2, 0.25) is 5.91 Å². The van der Waals surface area contributed by atoms with Gasteiger partial charge in [0.15, 0.2) is 0 Å². The first kappa shape index (κ1) is 13.9. The lowest BCUT2D eigenvalue weighted by molar-refractivity contribution is -0.136. The molecule has 3 atom stereocenters. The van der Waals surface area contributed by atoms with Gasteiger partial charge in [-0.05, 0) is 44.9 Å². The minimum absolute atomic E-state index is 0.182. The molecule has 18 heavy (non-hydrogen) atoms. The predicted octanol–water partition coefficient (Wildman–Crippen LogP) is 2.90. The van der Waals surface area contributed by atoms with Gasteiger partial charge in [-0.25, -0.2) is 0 Å². The lowest BCUT2D eigenvalue weighted by atomic mass is 9.74. The molecule has 2 fully saturated rings. The Hall–Kier alpha value is -0.570. The highest BCUT2D eigenvalue weighted by molar-refractivity contribution is 5.88. The molecule has 1 aliphatic carbocycles. The fourth-order valence-electron chi connectivity index (χ4n) is 3.68. The van der Waals surface area contributed by atoms with Crippen LogP contribution in [0.25, 0.3) is 0 Å². The van der Waals surface area contributed by atoms with Crippen LogP contribution in [-0.4, -0.2) is 28.6 Å². The van der Waals surface area contributed by atoms with E-state index in [1.165, 1.54) is 19.3 Å². The van der Waals surface area contributed by atoms with Crippen LogP contribution >= 0.6 is 0 Å². The number of rotatable bonds is 2. The lowest BCUT2D eigenvalue weighted by Gasteiger charge is -2.41. The molecule has 1 amide bonds. The van der Waals surface area contributed by atoms with Gasteiger partial charge in [0.1, 0.15) is 0 Å². The normalized spacial score (nSPS) is 40.3. The maximum absolute atomic E-state index is 12.6. The monoisotopic (exact) mass is 252 g/mol. The largest absolute Gasteiger partial charge is 0.323 e. The van der Waals surface area contributed by atoms with Gasteiger partial charge in [-0.3, -0.25) is 10.1 Å². The first-order chi connectivity index (χ1) is 8.29. The summed E-state index contributed by atoms with van der Waals surface area (Å²) in [5.74, 6) is 0.306. The van der Waals surface area contributed by atoms with Crippen molar-refractivity contribution in [2.45, 2.75) is 84.5 Å². The first-order valence-corrected chi connectivity index (χ1v) is 7.39. The smallest absolute Gasteiger partial charge is 0.244 e. The molecule has 0 radical (unpaired) electrons. The third-order valence-corrected chi connectivity index (χ3v) is 4.93. The number of amides is 1. The van der Waals surface area contributed by atoms with Gasteiger partial charge < -0.3 is 4.90 Å². The molecule has 0 aromatic rings. The average Bonchev–Trinajstić information content (AvgIpc) is 2.49. The minimum Gasteiger partial charge on any atom is -0.323 e. The van der Waals surface area contributed by atoms with Crippen molar-refractivity contribution in [3.8, 4) is 0 Å². The van der Waals surface area contributed by atoms with Crippen LogP contribution in [0.4, 0.5) is 0 Å². The Morgan fingerprint density at radius 3 is 2.56 bits per heavy atom. The molecule has 3 heteroatoms. The van der Waals surface area contributed by atoms with E-state index < -0.39 is 0 Å². The zero-order valence-electron chi connectivity index (χ0n) is 12.5. The highest BCUT2D eigenvalue weighted by Gasteiger charge is 2.48. The summed E-state index contributed by atoms with van der Waals surface area (Å²) in [5.41, 5.74) is 0.0368. The summed E-state index contributed by atoms with van der Waals surface area (Å²) < 4.78 is 0. The van der Waals surface area contributed by atoms with Crippen molar-refractivity contribution >= 4 is 5.91 Å². The van der Waals surface area contributed by atoms with Crippen molar-refractivity contribution in [3.05, 3.63) is 0 Å². The van der Waals surface area contributed by atoms with E-state index in [4.69, 9.17) is 0 Å². The van der Waals surface area contributed by atoms with E-state index in [-0.39, 0.29) is 11.7 Å². The van der Waals surface area contributed by atoms with Gasteiger partial charge >= 0.3 is 0 Å². The Labute approximate surface area is 111 Å². The van der Waals surface area contributed by atoms with Crippen LogP contribution in [0.15, 0.2) is 0 Å². The van der Waals surface area contributed by atoms with Gasteiger partial charge in [-0.15, -0.1) is 0 Å². The van der Waals surface area contributed by atoms with E-state index in [0.29, 0.717) is 17.4 Å². The van der Waals surface area contributed by atoms with Crippen LogP contribution in [0.3, 0.4) is 0 Å². The molecule has 2 rings (SSSR count). The molecule has 1 saturated heterocycles. The summed E-state index contributed by atoms with van der Waals surface area (Å²) in [6.45, 7) is 10.9. The molecule has 3 nitrogen and oxygen atoms in total.